The van der Waals surface area contributed by atoms with E-state index in [0.717, 1.165) is 0 Å². The molecule has 0 saturated carbocycles. The zero-order valence-corrected chi connectivity index (χ0v) is 7.06. The average Bonchev–Trinajstić information content (AvgIpc) is 2.57. The van der Waals surface area contributed by atoms with E-state index in [2.05, 4.69) is 5.16 Å². The van der Waals surface area contributed by atoms with Crippen LogP contribution in [0.25, 0.3) is 11.0 Å². The SMILES string of the molecule is N#CCc1noc2c(O)c(O)ccc12. The van der Waals surface area contributed by atoms with Crippen molar-refractivity contribution in [3.63, 3.8) is 0 Å². The van der Waals surface area contributed by atoms with Gasteiger partial charge in [0.15, 0.2) is 5.75 Å². The fourth-order valence-corrected chi connectivity index (χ4v) is 1.23. The van der Waals surface area contributed by atoms with Crippen molar-refractivity contribution in [3.8, 4) is 17.6 Å². The first-order valence-corrected chi connectivity index (χ1v) is 3.90. The Kier molecular flexibility index (Phi) is 1.75. The Balaban J connectivity index is 2.72. The van der Waals surface area contributed by atoms with E-state index < -0.39 is 0 Å². The molecule has 1 heterocycles. The molecule has 2 rings (SSSR count). The highest BCUT2D eigenvalue weighted by Gasteiger charge is 2.13. The lowest BCUT2D eigenvalue weighted by atomic mass is 10.1. The third kappa shape index (κ3) is 1.05. The smallest absolute Gasteiger partial charge is 0.212 e. The number of hydrogen-bond donors (Lipinski definition) is 2. The van der Waals surface area contributed by atoms with E-state index in [1.807, 2.05) is 6.07 Å². The summed E-state index contributed by atoms with van der Waals surface area (Å²) in [6.45, 7) is 0. The second-order valence-electron chi connectivity index (χ2n) is 2.77. The molecule has 0 atom stereocenters. The third-order valence-electron chi connectivity index (χ3n) is 1.91. The van der Waals surface area contributed by atoms with Gasteiger partial charge in [0, 0.05) is 0 Å². The first-order chi connectivity index (χ1) is 6.74. The largest absolute Gasteiger partial charge is 0.504 e. The van der Waals surface area contributed by atoms with Crippen LogP contribution in [0.4, 0.5) is 0 Å². The number of fused-ring (bicyclic) bond motifs is 1. The summed E-state index contributed by atoms with van der Waals surface area (Å²) in [5.41, 5.74) is 0.563. The molecule has 1 aromatic carbocycles. The van der Waals surface area contributed by atoms with Crippen molar-refractivity contribution in [2.24, 2.45) is 0 Å². The molecule has 1 aromatic heterocycles. The highest BCUT2D eigenvalue weighted by Crippen LogP contribution is 2.34. The van der Waals surface area contributed by atoms with E-state index in [0.29, 0.717) is 11.1 Å². The van der Waals surface area contributed by atoms with Crippen LogP contribution in [-0.4, -0.2) is 15.4 Å². The van der Waals surface area contributed by atoms with E-state index in [-0.39, 0.29) is 23.5 Å². The molecule has 0 aliphatic heterocycles. The Hall–Kier alpha value is -2.22. The van der Waals surface area contributed by atoms with Crippen LogP contribution >= 0.6 is 0 Å². The quantitative estimate of drug-likeness (QED) is 0.661. The Morgan fingerprint density at radius 3 is 2.93 bits per heavy atom. The molecule has 0 radical (unpaired) electrons. The van der Waals surface area contributed by atoms with Gasteiger partial charge in [-0.15, -0.1) is 0 Å². The minimum absolute atomic E-state index is 0.107. The second-order valence-corrected chi connectivity index (χ2v) is 2.77. The highest BCUT2D eigenvalue weighted by molar-refractivity contribution is 5.87. The number of nitriles is 1. The van der Waals surface area contributed by atoms with Crippen LogP contribution in [0.15, 0.2) is 16.7 Å². The van der Waals surface area contributed by atoms with Gasteiger partial charge in [-0.1, -0.05) is 5.16 Å². The molecule has 5 heteroatoms. The predicted octanol–water partition coefficient (Wildman–Crippen LogP) is 1.31. The van der Waals surface area contributed by atoms with Crippen LogP contribution in [0.3, 0.4) is 0 Å². The number of phenolic OH excluding ortho intramolecular Hbond substituents is 2. The Morgan fingerprint density at radius 1 is 1.43 bits per heavy atom. The van der Waals surface area contributed by atoms with Crippen molar-refractivity contribution >= 4 is 11.0 Å². The Morgan fingerprint density at radius 2 is 2.21 bits per heavy atom. The summed E-state index contributed by atoms with van der Waals surface area (Å²) in [7, 11) is 0. The van der Waals surface area contributed by atoms with Gasteiger partial charge in [-0.05, 0) is 12.1 Å². The number of hydrogen-bond acceptors (Lipinski definition) is 5. The number of aromatic nitrogens is 1. The van der Waals surface area contributed by atoms with Crippen molar-refractivity contribution in [3.05, 3.63) is 17.8 Å². The number of aromatic hydroxyl groups is 2. The van der Waals surface area contributed by atoms with Gasteiger partial charge in [0.1, 0.15) is 5.69 Å². The van der Waals surface area contributed by atoms with Crippen LogP contribution in [0.5, 0.6) is 11.5 Å². The molecule has 0 aliphatic rings. The number of rotatable bonds is 1. The molecule has 0 bridgehead atoms. The maximum Gasteiger partial charge on any atom is 0.212 e. The summed E-state index contributed by atoms with van der Waals surface area (Å²) in [6, 6.07) is 4.81. The van der Waals surface area contributed by atoms with Crippen molar-refractivity contribution in [1.29, 1.82) is 5.26 Å². The lowest BCUT2D eigenvalue weighted by Gasteiger charge is -1.95. The summed E-state index contributed by atoms with van der Waals surface area (Å²) in [5.74, 6) is -0.614. The van der Waals surface area contributed by atoms with Gasteiger partial charge in [0.25, 0.3) is 0 Å². The van der Waals surface area contributed by atoms with Crippen molar-refractivity contribution in [2.45, 2.75) is 6.42 Å². The lowest BCUT2D eigenvalue weighted by Crippen LogP contribution is -1.80. The Labute approximate surface area is 78.8 Å². The molecule has 0 fully saturated rings. The van der Waals surface area contributed by atoms with Gasteiger partial charge in [-0.25, -0.2) is 0 Å². The highest BCUT2D eigenvalue weighted by atomic mass is 16.5. The molecule has 0 saturated heterocycles. The molecular formula is C9H6N2O3. The number of phenols is 2. The lowest BCUT2D eigenvalue weighted by molar-refractivity contribution is 0.385. The van der Waals surface area contributed by atoms with E-state index in [1.54, 1.807) is 6.07 Å². The molecule has 70 valence electrons. The topological polar surface area (TPSA) is 90.3 Å². The van der Waals surface area contributed by atoms with Crippen molar-refractivity contribution in [2.75, 3.05) is 0 Å². The minimum Gasteiger partial charge on any atom is -0.504 e. The van der Waals surface area contributed by atoms with E-state index in [9.17, 15) is 5.11 Å². The molecule has 0 spiro atoms. The normalized spacial score (nSPS) is 10.2. The minimum atomic E-state index is -0.348. The molecule has 2 N–H and O–H groups in total. The van der Waals surface area contributed by atoms with Crippen LogP contribution < -0.4 is 0 Å². The van der Waals surface area contributed by atoms with Crippen LogP contribution in [0.1, 0.15) is 5.69 Å². The van der Waals surface area contributed by atoms with Gasteiger partial charge in [-0.3, -0.25) is 0 Å². The summed E-state index contributed by atoms with van der Waals surface area (Å²) >= 11 is 0. The first kappa shape index (κ1) is 8.38. The summed E-state index contributed by atoms with van der Waals surface area (Å²) in [4.78, 5) is 0. The average molecular weight is 190 g/mol. The molecule has 2 aromatic rings. The number of benzene rings is 1. The van der Waals surface area contributed by atoms with Gasteiger partial charge in [0.05, 0.1) is 17.9 Å². The van der Waals surface area contributed by atoms with E-state index in [1.165, 1.54) is 6.07 Å². The molecular weight excluding hydrogens is 184 g/mol. The number of nitrogens with zero attached hydrogens (tertiary/aromatic N) is 2. The first-order valence-electron chi connectivity index (χ1n) is 3.90. The standard InChI is InChI=1S/C9H6N2O3/c10-4-3-6-5-1-2-7(12)8(13)9(5)14-11-6/h1-2,12-13H,3H2. The van der Waals surface area contributed by atoms with Crippen LogP contribution in [0, 0.1) is 11.3 Å². The Bertz CT molecular complexity index is 525. The maximum atomic E-state index is 9.37. The van der Waals surface area contributed by atoms with Gasteiger partial charge in [0.2, 0.25) is 11.3 Å². The zero-order valence-electron chi connectivity index (χ0n) is 7.06. The van der Waals surface area contributed by atoms with Crippen molar-refractivity contribution < 1.29 is 14.7 Å². The molecule has 0 unspecified atom stereocenters. The maximum absolute atomic E-state index is 9.37. The van der Waals surface area contributed by atoms with Crippen LogP contribution in [-0.2, 0) is 6.42 Å². The van der Waals surface area contributed by atoms with E-state index in [4.69, 9.17) is 14.9 Å². The zero-order chi connectivity index (χ0) is 10.1. The monoisotopic (exact) mass is 190 g/mol. The summed E-state index contributed by atoms with van der Waals surface area (Å²) < 4.78 is 4.80. The summed E-state index contributed by atoms with van der Waals surface area (Å²) in [6.07, 6.45) is 0.108. The van der Waals surface area contributed by atoms with Gasteiger partial charge >= 0.3 is 0 Å². The fourth-order valence-electron chi connectivity index (χ4n) is 1.23. The van der Waals surface area contributed by atoms with Gasteiger partial charge in [-0.2, -0.15) is 5.26 Å². The molecule has 14 heavy (non-hydrogen) atoms. The third-order valence-corrected chi connectivity index (χ3v) is 1.91. The fraction of sp³-hybridized carbons (Fsp3) is 0.111. The van der Waals surface area contributed by atoms with Gasteiger partial charge < -0.3 is 14.7 Å². The summed E-state index contributed by atoms with van der Waals surface area (Å²) in [5, 5.41) is 31.2. The van der Waals surface area contributed by atoms with Crippen LogP contribution in [0.2, 0.25) is 0 Å². The van der Waals surface area contributed by atoms with E-state index >= 15 is 0 Å². The molecule has 5 nitrogen and oxygen atoms in total. The van der Waals surface area contributed by atoms with Crippen molar-refractivity contribution in [1.82, 2.24) is 5.16 Å². The second kappa shape index (κ2) is 2.92. The predicted molar refractivity (Wildman–Crippen MR) is 46.7 cm³/mol. The molecule has 0 aliphatic carbocycles. The molecule has 0 amide bonds.